The number of pyridine rings is 1. The predicted molar refractivity (Wildman–Crippen MR) is 99.5 cm³/mol. The summed E-state index contributed by atoms with van der Waals surface area (Å²) in [4.78, 5) is 6.62. The number of hydrogen-bond donors (Lipinski definition) is 0. The SMILES string of the molecule is c1ccc(Cn2nnnc2CN2CCCC(c3ccncc3)CC2)cc1. The standard InChI is InChI=1S/C20H24N6/c1-2-5-17(6-3-1)15-26-20(22-23-24-26)16-25-13-4-7-18(10-14-25)19-8-11-21-12-9-19/h1-3,5-6,8-9,11-12,18H,4,7,10,13-16H2. The van der Waals surface area contributed by atoms with Crippen molar-refractivity contribution in [2.24, 2.45) is 0 Å². The molecule has 1 aliphatic rings. The minimum atomic E-state index is 0.628. The van der Waals surface area contributed by atoms with Crippen LogP contribution in [-0.4, -0.2) is 43.2 Å². The van der Waals surface area contributed by atoms with Crippen LogP contribution in [0.1, 0.15) is 42.1 Å². The van der Waals surface area contributed by atoms with E-state index in [2.05, 4.69) is 49.7 Å². The Kier molecular flexibility index (Phi) is 5.30. The van der Waals surface area contributed by atoms with Crippen LogP contribution in [0.5, 0.6) is 0 Å². The van der Waals surface area contributed by atoms with Gasteiger partial charge >= 0.3 is 0 Å². The average molecular weight is 348 g/mol. The number of hydrogen-bond acceptors (Lipinski definition) is 5. The second-order valence-corrected chi connectivity index (χ2v) is 6.92. The molecule has 6 nitrogen and oxygen atoms in total. The molecule has 0 bridgehead atoms. The van der Waals surface area contributed by atoms with Crippen LogP contribution in [0.4, 0.5) is 0 Å². The summed E-state index contributed by atoms with van der Waals surface area (Å²) in [6, 6.07) is 14.6. The monoisotopic (exact) mass is 348 g/mol. The van der Waals surface area contributed by atoms with Crippen LogP contribution >= 0.6 is 0 Å². The van der Waals surface area contributed by atoms with E-state index in [1.165, 1.54) is 30.4 Å². The summed E-state index contributed by atoms with van der Waals surface area (Å²) in [5, 5.41) is 12.4. The highest BCUT2D eigenvalue weighted by Crippen LogP contribution is 2.27. The molecule has 0 spiro atoms. The molecule has 0 amide bonds. The molecule has 0 aliphatic carbocycles. The highest BCUT2D eigenvalue weighted by molar-refractivity contribution is 5.16. The van der Waals surface area contributed by atoms with Crippen LogP contribution in [0.25, 0.3) is 0 Å². The first kappa shape index (κ1) is 16.8. The van der Waals surface area contributed by atoms with E-state index in [1.807, 2.05) is 35.3 Å². The van der Waals surface area contributed by atoms with Crippen molar-refractivity contribution in [1.82, 2.24) is 30.1 Å². The number of benzene rings is 1. The Morgan fingerprint density at radius 3 is 2.62 bits per heavy atom. The molecule has 134 valence electrons. The van der Waals surface area contributed by atoms with Gasteiger partial charge in [0.25, 0.3) is 0 Å². The van der Waals surface area contributed by atoms with E-state index >= 15 is 0 Å². The largest absolute Gasteiger partial charge is 0.296 e. The minimum Gasteiger partial charge on any atom is -0.296 e. The lowest BCUT2D eigenvalue weighted by Gasteiger charge is -2.19. The molecule has 6 heteroatoms. The Bertz CT molecular complexity index is 801. The molecule has 1 atom stereocenters. The van der Waals surface area contributed by atoms with E-state index in [-0.39, 0.29) is 0 Å². The first-order valence-electron chi connectivity index (χ1n) is 9.30. The molecular weight excluding hydrogens is 324 g/mol. The summed E-state index contributed by atoms with van der Waals surface area (Å²) in [5.74, 6) is 1.57. The molecule has 4 rings (SSSR count). The summed E-state index contributed by atoms with van der Waals surface area (Å²) in [5.41, 5.74) is 2.63. The van der Waals surface area contributed by atoms with Gasteiger partial charge in [-0.1, -0.05) is 30.3 Å². The number of nitrogens with zero attached hydrogens (tertiary/aromatic N) is 6. The molecule has 2 aromatic heterocycles. The lowest BCUT2D eigenvalue weighted by atomic mass is 9.93. The Morgan fingerprint density at radius 1 is 0.923 bits per heavy atom. The fourth-order valence-corrected chi connectivity index (χ4v) is 3.70. The van der Waals surface area contributed by atoms with E-state index in [1.54, 1.807) is 0 Å². The van der Waals surface area contributed by atoms with Gasteiger partial charge in [-0.05, 0) is 72.0 Å². The maximum atomic E-state index is 4.27. The topological polar surface area (TPSA) is 59.7 Å². The summed E-state index contributed by atoms with van der Waals surface area (Å²) < 4.78 is 1.92. The van der Waals surface area contributed by atoms with Crippen LogP contribution in [0.15, 0.2) is 54.9 Å². The molecule has 1 aliphatic heterocycles. The number of tetrazole rings is 1. The first-order valence-corrected chi connectivity index (χ1v) is 9.30. The molecule has 0 N–H and O–H groups in total. The van der Waals surface area contributed by atoms with Gasteiger partial charge in [0.05, 0.1) is 13.1 Å². The Balaban J connectivity index is 1.39. The van der Waals surface area contributed by atoms with Crippen LogP contribution < -0.4 is 0 Å². The van der Waals surface area contributed by atoms with Crippen molar-refractivity contribution in [3.05, 3.63) is 71.8 Å². The van der Waals surface area contributed by atoms with Gasteiger partial charge in [-0.25, -0.2) is 4.68 Å². The predicted octanol–water partition coefficient (Wildman–Crippen LogP) is 2.89. The average Bonchev–Trinajstić information content (AvgIpc) is 2.98. The minimum absolute atomic E-state index is 0.628. The molecule has 0 saturated carbocycles. The number of aromatic nitrogens is 5. The van der Waals surface area contributed by atoms with Gasteiger partial charge < -0.3 is 0 Å². The maximum absolute atomic E-state index is 4.27. The van der Waals surface area contributed by atoms with E-state index < -0.39 is 0 Å². The third kappa shape index (κ3) is 4.14. The quantitative estimate of drug-likeness (QED) is 0.709. The van der Waals surface area contributed by atoms with Crippen molar-refractivity contribution >= 4 is 0 Å². The molecule has 3 heterocycles. The van der Waals surface area contributed by atoms with E-state index in [0.717, 1.165) is 32.0 Å². The van der Waals surface area contributed by atoms with Crippen LogP contribution in [0.2, 0.25) is 0 Å². The van der Waals surface area contributed by atoms with Gasteiger partial charge in [-0.3, -0.25) is 9.88 Å². The van der Waals surface area contributed by atoms with Gasteiger partial charge in [-0.15, -0.1) is 5.10 Å². The third-order valence-corrected chi connectivity index (χ3v) is 5.14. The molecule has 3 aromatic rings. The molecule has 1 saturated heterocycles. The number of rotatable bonds is 5. The van der Waals surface area contributed by atoms with E-state index in [4.69, 9.17) is 0 Å². The second kappa shape index (κ2) is 8.19. The molecule has 26 heavy (non-hydrogen) atoms. The molecular formula is C20H24N6. The van der Waals surface area contributed by atoms with Crippen LogP contribution in [0.3, 0.4) is 0 Å². The highest BCUT2D eigenvalue weighted by atomic mass is 15.5. The molecule has 1 fully saturated rings. The van der Waals surface area contributed by atoms with Crippen LogP contribution in [-0.2, 0) is 13.1 Å². The van der Waals surface area contributed by atoms with E-state index in [9.17, 15) is 0 Å². The Hall–Kier alpha value is -2.60. The van der Waals surface area contributed by atoms with Crippen molar-refractivity contribution in [2.45, 2.75) is 38.3 Å². The van der Waals surface area contributed by atoms with Crippen molar-refractivity contribution in [3.8, 4) is 0 Å². The van der Waals surface area contributed by atoms with Crippen molar-refractivity contribution in [2.75, 3.05) is 13.1 Å². The zero-order chi connectivity index (χ0) is 17.6. The first-order chi connectivity index (χ1) is 12.9. The van der Waals surface area contributed by atoms with Gasteiger partial charge in [0, 0.05) is 12.4 Å². The zero-order valence-corrected chi connectivity index (χ0v) is 14.9. The molecule has 1 unspecified atom stereocenters. The molecule has 0 radical (unpaired) electrons. The second-order valence-electron chi connectivity index (χ2n) is 6.92. The van der Waals surface area contributed by atoms with Crippen molar-refractivity contribution in [3.63, 3.8) is 0 Å². The van der Waals surface area contributed by atoms with Gasteiger partial charge in [-0.2, -0.15) is 0 Å². The fraction of sp³-hybridized carbons (Fsp3) is 0.400. The lowest BCUT2D eigenvalue weighted by molar-refractivity contribution is 0.263. The Labute approximate surface area is 153 Å². The van der Waals surface area contributed by atoms with E-state index in [0.29, 0.717) is 5.92 Å². The zero-order valence-electron chi connectivity index (χ0n) is 14.9. The lowest BCUT2D eigenvalue weighted by Crippen LogP contribution is -2.26. The van der Waals surface area contributed by atoms with Crippen LogP contribution in [0, 0.1) is 0 Å². The van der Waals surface area contributed by atoms with Gasteiger partial charge in [0.1, 0.15) is 0 Å². The smallest absolute Gasteiger partial charge is 0.165 e. The summed E-state index contributed by atoms with van der Waals surface area (Å²) in [7, 11) is 0. The van der Waals surface area contributed by atoms with Crippen molar-refractivity contribution < 1.29 is 0 Å². The molecule has 1 aromatic carbocycles. The normalized spacial score (nSPS) is 18.5. The van der Waals surface area contributed by atoms with Crippen molar-refractivity contribution in [1.29, 1.82) is 0 Å². The summed E-state index contributed by atoms with van der Waals surface area (Å²) in [6.07, 6.45) is 7.40. The fourth-order valence-electron chi connectivity index (χ4n) is 3.70. The number of likely N-dealkylation sites (tertiary alicyclic amines) is 1. The summed E-state index contributed by atoms with van der Waals surface area (Å²) in [6.45, 7) is 3.70. The summed E-state index contributed by atoms with van der Waals surface area (Å²) >= 11 is 0. The maximum Gasteiger partial charge on any atom is 0.165 e. The van der Waals surface area contributed by atoms with Gasteiger partial charge in [0.15, 0.2) is 5.82 Å². The van der Waals surface area contributed by atoms with Gasteiger partial charge in [0.2, 0.25) is 0 Å². The highest BCUT2D eigenvalue weighted by Gasteiger charge is 2.20. The third-order valence-electron chi connectivity index (χ3n) is 5.14. The Morgan fingerprint density at radius 2 is 1.77 bits per heavy atom.